The molecule has 0 radical (unpaired) electrons. The predicted molar refractivity (Wildman–Crippen MR) is 118 cm³/mol. The van der Waals surface area contributed by atoms with Crippen LogP contribution in [0.15, 0.2) is 36.5 Å². The molecule has 0 aliphatic carbocycles. The first-order chi connectivity index (χ1) is 15.5. The maximum absolute atomic E-state index is 13.1. The number of carbonyl (C=O) groups excluding carboxylic acids is 2. The second-order valence-corrected chi connectivity index (χ2v) is 8.39. The summed E-state index contributed by atoms with van der Waals surface area (Å²) in [7, 11) is 2.08. The van der Waals surface area contributed by atoms with Crippen LogP contribution in [-0.2, 0) is 13.0 Å². The Balaban J connectivity index is 1.36. The van der Waals surface area contributed by atoms with Crippen molar-refractivity contribution >= 4 is 17.6 Å². The lowest BCUT2D eigenvalue weighted by molar-refractivity contribution is 0.0762. The van der Waals surface area contributed by atoms with Crippen molar-refractivity contribution in [3.8, 4) is 11.4 Å². The zero-order valence-electron chi connectivity index (χ0n) is 17.9. The molecular weight excluding hydrogens is 411 g/mol. The van der Waals surface area contributed by atoms with E-state index in [1.807, 2.05) is 17.2 Å². The Bertz CT molecular complexity index is 1170. The van der Waals surface area contributed by atoms with Crippen LogP contribution < -0.4 is 5.32 Å². The third-order valence-corrected chi connectivity index (χ3v) is 6.21. The van der Waals surface area contributed by atoms with Crippen molar-refractivity contribution < 1.29 is 14.0 Å². The molecule has 0 bridgehead atoms. The van der Waals surface area contributed by atoms with E-state index in [-0.39, 0.29) is 11.8 Å². The fraction of sp³-hybridized carbons (Fsp3) is 0.348. The Morgan fingerprint density at radius 1 is 1.06 bits per heavy atom. The van der Waals surface area contributed by atoms with Crippen LogP contribution in [0.1, 0.15) is 32.7 Å². The van der Waals surface area contributed by atoms with Crippen molar-refractivity contribution in [2.45, 2.75) is 19.4 Å². The maximum atomic E-state index is 13.1. The molecule has 0 spiro atoms. The number of hydrogen-bond acceptors (Lipinski definition) is 4. The monoisotopic (exact) mass is 436 g/mol. The largest absolute Gasteiger partial charge is 0.345 e. The standard InChI is InChI=1S/C23H25FN6O2/c1-28-8-2-9-29(12-11-28)23(32)16-13-19-20-18(7-10-30(19)14-16)21(27-26-20)25-22(31)15-3-5-17(24)6-4-15/h3-6,13-14H,2,7-12H2,1H3,(H2,25,26,27,31). The quantitative estimate of drug-likeness (QED) is 0.661. The number of hydrogen-bond donors (Lipinski definition) is 2. The first kappa shape index (κ1) is 20.4. The minimum atomic E-state index is -0.392. The molecule has 2 amide bonds. The van der Waals surface area contributed by atoms with Gasteiger partial charge in [-0.05, 0) is 56.8 Å². The molecule has 2 aliphatic rings. The molecular formula is C23H25FN6O2. The van der Waals surface area contributed by atoms with E-state index < -0.39 is 5.82 Å². The number of halogens is 1. The lowest BCUT2D eigenvalue weighted by Gasteiger charge is -2.19. The number of H-pyrrole nitrogens is 1. The molecule has 32 heavy (non-hydrogen) atoms. The highest BCUT2D eigenvalue weighted by atomic mass is 19.1. The highest BCUT2D eigenvalue weighted by molar-refractivity contribution is 6.04. The Morgan fingerprint density at radius 2 is 1.88 bits per heavy atom. The molecule has 0 unspecified atom stereocenters. The molecule has 4 heterocycles. The van der Waals surface area contributed by atoms with Gasteiger partial charge in [0.2, 0.25) is 0 Å². The summed E-state index contributed by atoms with van der Waals surface area (Å²) in [5.41, 5.74) is 3.63. The number of likely N-dealkylation sites (N-methyl/N-ethyl adjacent to an activating group) is 1. The summed E-state index contributed by atoms with van der Waals surface area (Å²) in [5.74, 6) is -0.224. The van der Waals surface area contributed by atoms with E-state index in [4.69, 9.17) is 0 Å². The molecule has 9 heteroatoms. The van der Waals surface area contributed by atoms with Crippen molar-refractivity contribution in [1.82, 2.24) is 24.6 Å². The first-order valence-electron chi connectivity index (χ1n) is 10.8. The van der Waals surface area contributed by atoms with Gasteiger partial charge in [-0.1, -0.05) is 0 Å². The Hall–Kier alpha value is -3.46. The smallest absolute Gasteiger partial charge is 0.256 e. The number of aryl methyl sites for hydroxylation is 1. The number of fused-ring (bicyclic) bond motifs is 3. The summed E-state index contributed by atoms with van der Waals surface area (Å²) in [6.07, 6.45) is 3.55. The van der Waals surface area contributed by atoms with Crippen molar-refractivity contribution in [3.63, 3.8) is 0 Å². The van der Waals surface area contributed by atoms with Crippen LogP contribution in [0.3, 0.4) is 0 Å². The minimum Gasteiger partial charge on any atom is -0.345 e. The van der Waals surface area contributed by atoms with Crippen LogP contribution in [0.4, 0.5) is 10.2 Å². The van der Waals surface area contributed by atoms with Gasteiger partial charge in [0.05, 0.1) is 17.0 Å². The number of nitrogens with one attached hydrogen (secondary N) is 2. The number of aromatic amines is 1. The van der Waals surface area contributed by atoms with Gasteiger partial charge in [0.25, 0.3) is 11.8 Å². The van der Waals surface area contributed by atoms with Crippen molar-refractivity contribution in [2.75, 3.05) is 38.5 Å². The summed E-state index contributed by atoms with van der Waals surface area (Å²) >= 11 is 0. The molecule has 2 aromatic heterocycles. The van der Waals surface area contributed by atoms with E-state index in [2.05, 4.69) is 32.0 Å². The molecule has 1 aromatic carbocycles. The molecule has 2 aliphatic heterocycles. The van der Waals surface area contributed by atoms with Crippen LogP contribution >= 0.6 is 0 Å². The molecule has 3 aromatic rings. The van der Waals surface area contributed by atoms with Gasteiger partial charge in [-0.25, -0.2) is 4.39 Å². The van der Waals surface area contributed by atoms with E-state index in [9.17, 15) is 14.0 Å². The lowest BCUT2D eigenvalue weighted by atomic mass is 10.1. The number of benzene rings is 1. The van der Waals surface area contributed by atoms with Gasteiger partial charge in [-0.15, -0.1) is 0 Å². The van der Waals surface area contributed by atoms with Gasteiger partial charge in [0.15, 0.2) is 5.82 Å². The number of rotatable bonds is 3. The average Bonchev–Trinajstić information content (AvgIpc) is 3.33. The zero-order chi connectivity index (χ0) is 22.2. The van der Waals surface area contributed by atoms with Crippen LogP contribution in [0.5, 0.6) is 0 Å². The molecule has 1 saturated heterocycles. The third kappa shape index (κ3) is 3.80. The summed E-state index contributed by atoms with van der Waals surface area (Å²) in [5, 5.41) is 10.1. The van der Waals surface area contributed by atoms with Crippen LogP contribution in [0.25, 0.3) is 11.4 Å². The second kappa shape index (κ2) is 8.23. The fourth-order valence-corrected chi connectivity index (χ4v) is 4.39. The number of anilines is 1. The zero-order valence-corrected chi connectivity index (χ0v) is 17.9. The Kier molecular flexibility index (Phi) is 5.26. The molecule has 0 saturated carbocycles. The second-order valence-electron chi connectivity index (χ2n) is 8.39. The topological polar surface area (TPSA) is 86.3 Å². The Labute approximate surface area is 185 Å². The van der Waals surface area contributed by atoms with Gasteiger partial charge in [0.1, 0.15) is 5.82 Å². The molecule has 0 atom stereocenters. The summed E-state index contributed by atoms with van der Waals surface area (Å²) in [6.45, 7) is 4.06. The van der Waals surface area contributed by atoms with Crippen LogP contribution in [0, 0.1) is 5.82 Å². The molecule has 1 fully saturated rings. The SMILES string of the molecule is CN1CCCN(C(=O)c2cc3n(c2)CCc2c(NC(=O)c4ccc(F)cc4)n[nH]c2-3)CC1. The predicted octanol–water partition coefficient (Wildman–Crippen LogP) is 2.60. The first-order valence-corrected chi connectivity index (χ1v) is 10.8. The summed E-state index contributed by atoms with van der Waals surface area (Å²) in [6, 6.07) is 7.28. The van der Waals surface area contributed by atoms with E-state index in [0.29, 0.717) is 29.9 Å². The number of carbonyl (C=O) groups is 2. The van der Waals surface area contributed by atoms with E-state index >= 15 is 0 Å². The normalized spacial score (nSPS) is 16.2. The van der Waals surface area contributed by atoms with Gasteiger partial charge in [-0.3, -0.25) is 14.7 Å². The van der Waals surface area contributed by atoms with Crippen LogP contribution in [-0.4, -0.2) is 69.6 Å². The van der Waals surface area contributed by atoms with Crippen molar-refractivity contribution in [1.29, 1.82) is 0 Å². The van der Waals surface area contributed by atoms with E-state index in [0.717, 1.165) is 49.6 Å². The fourth-order valence-electron chi connectivity index (χ4n) is 4.39. The van der Waals surface area contributed by atoms with Gasteiger partial charge >= 0.3 is 0 Å². The number of amides is 2. The summed E-state index contributed by atoms with van der Waals surface area (Å²) < 4.78 is 15.2. The Morgan fingerprint density at radius 3 is 2.69 bits per heavy atom. The van der Waals surface area contributed by atoms with Crippen LogP contribution in [0.2, 0.25) is 0 Å². The maximum Gasteiger partial charge on any atom is 0.256 e. The third-order valence-electron chi connectivity index (χ3n) is 6.21. The van der Waals surface area contributed by atoms with Crippen molar-refractivity contribution in [2.24, 2.45) is 0 Å². The molecule has 8 nitrogen and oxygen atoms in total. The lowest BCUT2D eigenvalue weighted by Crippen LogP contribution is -2.34. The molecule has 2 N–H and O–H groups in total. The van der Waals surface area contributed by atoms with Gasteiger partial charge in [-0.2, -0.15) is 5.10 Å². The van der Waals surface area contributed by atoms with E-state index in [1.165, 1.54) is 24.3 Å². The van der Waals surface area contributed by atoms with Gasteiger partial charge < -0.3 is 19.7 Å². The highest BCUT2D eigenvalue weighted by Gasteiger charge is 2.27. The molecule has 5 rings (SSSR count). The van der Waals surface area contributed by atoms with Gasteiger partial charge in [0, 0.05) is 43.5 Å². The minimum absolute atomic E-state index is 0.0492. The highest BCUT2D eigenvalue weighted by Crippen LogP contribution is 2.34. The average molecular weight is 436 g/mol. The summed E-state index contributed by atoms with van der Waals surface area (Å²) in [4.78, 5) is 29.8. The number of nitrogens with zero attached hydrogens (tertiary/aromatic N) is 4. The van der Waals surface area contributed by atoms with E-state index in [1.54, 1.807) is 0 Å². The number of aromatic nitrogens is 3. The van der Waals surface area contributed by atoms with Crippen molar-refractivity contribution in [3.05, 3.63) is 59.0 Å². The molecule has 166 valence electrons.